The fraction of sp³-hybridized carbons (Fsp3) is 0.0714. The van der Waals surface area contributed by atoms with E-state index in [1.165, 1.54) is 0 Å². The first-order valence-electron chi connectivity index (χ1n) is 5.99. The number of nitrogens with two attached hydrogens (primary N) is 1. The molecule has 2 amide bonds. The molecule has 0 saturated heterocycles. The van der Waals surface area contributed by atoms with Gasteiger partial charge in [-0.25, -0.2) is 4.98 Å². The number of hydroxylamine groups is 2. The molecule has 0 atom stereocenters. The number of pyridine rings is 1. The van der Waals surface area contributed by atoms with Crippen LogP contribution in [0.5, 0.6) is 0 Å². The smallest absolute Gasteiger partial charge is 0.285 e. The van der Waals surface area contributed by atoms with E-state index < -0.39 is 11.8 Å². The Morgan fingerprint density at radius 1 is 1.00 bits per heavy atom. The monoisotopic (exact) mass is 269 g/mol. The Morgan fingerprint density at radius 3 is 2.25 bits per heavy atom. The fourth-order valence-corrected chi connectivity index (χ4v) is 1.99. The average molecular weight is 269 g/mol. The standard InChI is InChI=1S/C14H11N3O3/c15-12-7-3-4-9(16-12)8-20-17-13(18)10-5-1-2-6-11(10)14(17)19/h1-7H,8H2,(H2,15,16). The van der Waals surface area contributed by atoms with Gasteiger partial charge in [0.2, 0.25) is 0 Å². The van der Waals surface area contributed by atoms with E-state index in [0.717, 1.165) is 5.06 Å². The molecule has 0 bridgehead atoms. The van der Waals surface area contributed by atoms with Crippen LogP contribution in [0.15, 0.2) is 42.5 Å². The van der Waals surface area contributed by atoms with Crippen LogP contribution < -0.4 is 5.73 Å². The van der Waals surface area contributed by atoms with Crippen LogP contribution in [0.25, 0.3) is 0 Å². The van der Waals surface area contributed by atoms with Crippen molar-refractivity contribution in [1.29, 1.82) is 0 Å². The highest BCUT2D eigenvalue weighted by atomic mass is 16.7. The zero-order valence-corrected chi connectivity index (χ0v) is 10.4. The van der Waals surface area contributed by atoms with Crippen molar-refractivity contribution in [2.75, 3.05) is 5.73 Å². The van der Waals surface area contributed by atoms with E-state index in [0.29, 0.717) is 22.6 Å². The zero-order valence-electron chi connectivity index (χ0n) is 10.4. The van der Waals surface area contributed by atoms with Crippen molar-refractivity contribution < 1.29 is 14.4 Å². The van der Waals surface area contributed by atoms with Crippen LogP contribution in [0.3, 0.4) is 0 Å². The molecule has 6 nitrogen and oxygen atoms in total. The highest BCUT2D eigenvalue weighted by Crippen LogP contribution is 2.23. The van der Waals surface area contributed by atoms with E-state index in [4.69, 9.17) is 10.6 Å². The molecule has 2 aromatic rings. The topological polar surface area (TPSA) is 85.5 Å². The number of rotatable bonds is 3. The van der Waals surface area contributed by atoms with Crippen molar-refractivity contribution in [2.24, 2.45) is 0 Å². The van der Waals surface area contributed by atoms with Gasteiger partial charge < -0.3 is 5.73 Å². The molecule has 0 unspecified atom stereocenters. The Labute approximate surface area is 114 Å². The Hall–Kier alpha value is -2.73. The van der Waals surface area contributed by atoms with Crippen molar-refractivity contribution in [1.82, 2.24) is 10.0 Å². The van der Waals surface area contributed by atoms with Crippen molar-refractivity contribution in [3.8, 4) is 0 Å². The first-order chi connectivity index (χ1) is 9.66. The van der Waals surface area contributed by atoms with E-state index in [-0.39, 0.29) is 6.61 Å². The largest absolute Gasteiger partial charge is 0.384 e. The lowest BCUT2D eigenvalue weighted by atomic mass is 10.1. The van der Waals surface area contributed by atoms with Crippen LogP contribution >= 0.6 is 0 Å². The summed E-state index contributed by atoms with van der Waals surface area (Å²) in [5.41, 5.74) is 6.79. The molecule has 0 fully saturated rings. The molecule has 2 heterocycles. The number of nitrogen functional groups attached to an aromatic ring is 1. The Kier molecular flexibility index (Phi) is 2.92. The highest BCUT2D eigenvalue weighted by Gasteiger charge is 2.36. The van der Waals surface area contributed by atoms with Crippen molar-refractivity contribution in [2.45, 2.75) is 6.61 Å². The van der Waals surface area contributed by atoms with E-state index in [2.05, 4.69) is 4.98 Å². The van der Waals surface area contributed by atoms with Gasteiger partial charge in [-0.2, -0.15) is 0 Å². The summed E-state index contributed by atoms with van der Waals surface area (Å²) in [5, 5.41) is 0.759. The van der Waals surface area contributed by atoms with Crippen LogP contribution in [0, 0.1) is 0 Å². The minimum atomic E-state index is -0.463. The number of carbonyl (C=O) groups is 2. The Morgan fingerprint density at radius 2 is 1.65 bits per heavy atom. The van der Waals surface area contributed by atoms with E-state index in [1.54, 1.807) is 42.5 Å². The molecule has 2 N–H and O–H groups in total. The molecule has 0 aliphatic carbocycles. The van der Waals surface area contributed by atoms with E-state index in [9.17, 15) is 9.59 Å². The van der Waals surface area contributed by atoms with Crippen LogP contribution in [-0.4, -0.2) is 21.9 Å². The minimum Gasteiger partial charge on any atom is -0.384 e. The third kappa shape index (κ3) is 2.02. The van der Waals surface area contributed by atoms with Gasteiger partial charge in [0.05, 0.1) is 16.8 Å². The molecule has 6 heteroatoms. The first kappa shape index (κ1) is 12.3. The van der Waals surface area contributed by atoms with Gasteiger partial charge in [-0.3, -0.25) is 14.4 Å². The lowest BCUT2D eigenvalue weighted by Gasteiger charge is -2.12. The summed E-state index contributed by atoms with van der Waals surface area (Å²) >= 11 is 0. The first-order valence-corrected chi connectivity index (χ1v) is 5.99. The van der Waals surface area contributed by atoms with Crippen LogP contribution in [-0.2, 0) is 11.4 Å². The summed E-state index contributed by atoms with van der Waals surface area (Å²) in [6, 6.07) is 11.7. The number of fused-ring (bicyclic) bond motifs is 1. The van der Waals surface area contributed by atoms with Gasteiger partial charge in [-0.05, 0) is 24.3 Å². The summed E-state index contributed by atoms with van der Waals surface area (Å²) < 4.78 is 0. The van der Waals surface area contributed by atoms with Gasteiger partial charge >= 0.3 is 0 Å². The molecule has 1 aromatic heterocycles. The zero-order chi connectivity index (χ0) is 14.1. The van der Waals surface area contributed by atoms with Crippen molar-refractivity contribution in [3.05, 3.63) is 59.3 Å². The molecule has 1 aliphatic rings. The predicted octanol–water partition coefficient (Wildman–Crippen LogP) is 1.39. The molecule has 100 valence electrons. The van der Waals surface area contributed by atoms with Crippen molar-refractivity contribution in [3.63, 3.8) is 0 Å². The number of hydrogen-bond donors (Lipinski definition) is 1. The van der Waals surface area contributed by atoms with Gasteiger partial charge in [0.15, 0.2) is 0 Å². The second-order valence-corrected chi connectivity index (χ2v) is 4.28. The van der Waals surface area contributed by atoms with Crippen LogP contribution in [0.2, 0.25) is 0 Å². The van der Waals surface area contributed by atoms with E-state index >= 15 is 0 Å². The number of nitrogens with zero attached hydrogens (tertiary/aromatic N) is 2. The summed E-state index contributed by atoms with van der Waals surface area (Å²) in [4.78, 5) is 33.4. The molecule has 1 aliphatic heterocycles. The Balaban J connectivity index is 1.77. The maximum Gasteiger partial charge on any atom is 0.285 e. The van der Waals surface area contributed by atoms with Crippen LogP contribution in [0.1, 0.15) is 26.4 Å². The SMILES string of the molecule is Nc1cccc(CON2C(=O)c3ccccc3C2=O)n1. The molecular weight excluding hydrogens is 258 g/mol. The lowest BCUT2D eigenvalue weighted by molar-refractivity contribution is -0.101. The third-order valence-corrected chi connectivity index (χ3v) is 2.93. The maximum atomic E-state index is 12.0. The molecule has 0 saturated carbocycles. The lowest BCUT2D eigenvalue weighted by Crippen LogP contribution is -2.29. The molecule has 3 rings (SSSR count). The minimum absolute atomic E-state index is 0.00346. The number of aromatic nitrogens is 1. The molecule has 20 heavy (non-hydrogen) atoms. The summed E-state index contributed by atoms with van der Waals surface area (Å²) in [6.07, 6.45) is 0. The van der Waals surface area contributed by atoms with Gasteiger partial charge in [0, 0.05) is 0 Å². The van der Waals surface area contributed by atoms with Gasteiger partial charge in [0.1, 0.15) is 12.4 Å². The number of benzene rings is 1. The second kappa shape index (κ2) is 4.75. The Bertz CT molecular complexity index is 665. The fourth-order valence-electron chi connectivity index (χ4n) is 1.99. The number of hydrogen-bond acceptors (Lipinski definition) is 5. The second-order valence-electron chi connectivity index (χ2n) is 4.28. The average Bonchev–Trinajstić information content (AvgIpc) is 2.70. The summed E-state index contributed by atoms with van der Waals surface area (Å²) in [7, 11) is 0. The van der Waals surface area contributed by atoms with Gasteiger partial charge in [-0.15, -0.1) is 5.06 Å². The predicted molar refractivity (Wildman–Crippen MR) is 70.4 cm³/mol. The maximum absolute atomic E-state index is 12.0. The number of imide groups is 1. The normalized spacial score (nSPS) is 13.7. The molecule has 0 radical (unpaired) electrons. The van der Waals surface area contributed by atoms with Gasteiger partial charge in [0.25, 0.3) is 11.8 Å². The van der Waals surface area contributed by atoms with Gasteiger partial charge in [-0.1, -0.05) is 18.2 Å². The molecule has 1 aromatic carbocycles. The van der Waals surface area contributed by atoms with Crippen molar-refractivity contribution >= 4 is 17.6 Å². The summed E-state index contributed by atoms with van der Waals surface area (Å²) in [5.74, 6) is -0.572. The molecule has 0 spiro atoms. The molecular formula is C14H11N3O3. The number of anilines is 1. The number of amides is 2. The number of carbonyl (C=O) groups excluding carboxylic acids is 2. The summed E-state index contributed by atoms with van der Waals surface area (Å²) in [6.45, 7) is -0.00346. The highest BCUT2D eigenvalue weighted by molar-refractivity contribution is 6.20. The third-order valence-electron chi connectivity index (χ3n) is 2.93. The van der Waals surface area contributed by atoms with Crippen LogP contribution in [0.4, 0.5) is 5.82 Å². The van der Waals surface area contributed by atoms with E-state index in [1.807, 2.05) is 0 Å². The quantitative estimate of drug-likeness (QED) is 0.851.